The molecule has 6 nitrogen and oxygen atoms in total. The first-order valence-electron chi connectivity index (χ1n) is 8.62. The molecule has 28 heavy (non-hydrogen) atoms. The van der Waals surface area contributed by atoms with Crippen molar-refractivity contribution in [3.8, 4) is 0 Å². The lowest BCUT2D eigenvalue weighted by Gasteiger charge is -2.29. The van der Waals surface area contributed by atoms with Crippen molar-refractivity contribution in [1.29, 1.82) is 0 Å². The summed E-state index contributed by atoms with van der Waals surface area (Å²) in [5.74, 6) is -0.323. The minimum atomic E-state index is -1.05. The van der Waals surface area contributed by atoms with Crippen LogP contribution in [0.1, 0.15) is 5.56 Å². The van der Waals surface area contributed by atoms with Crippen LogP contribution in [0.25, 0.3) is 0 Å². The molecule has 146 valence electrons. The van der Waals surface area contributed by atoms with Gasteiger partial charge in [-0.25, -0.2) is 9.67 Å². The van der Waals surface area contributed by atoms with Gasteiger partial charge >= 0.3 is 0 Å². The maximum atomic E-state index is 6.47. The van der Waals surface area contributed by atoms with E-state index in [4.69, 9.17) is 38.4 Å². The second-order valence-electron chi connectivity index (χ2n) is 6.40. The molecule has 0 saturated carbocycles. The number of benzene rings is 2. The largest absolute Gasteiger partial charge is 0.399 e. The smallest absolute Gasteiger partial charge is 0.217 e. The Hall–Kier alpha value is -1.77. The van der Waals surface area contributed by atoms with Crippen LogP contribution in [0.4, 0.5) is 5.69 Å². The molecule has 1 aliphatic heterocycles. The lowest BCUT2D eigenvalue weighted by molar-refractivity contribution is -0.186. The fraction of sp³-hybridized carbons (Fsp3) is 0.263. The summed E-state index contributed by atoms with van der Waals surface area (Å²) in [4.78, 5) is 5.12. The fourth-order valence-electron chi connectivity index (χ4n) is 3.04. The van der Waals surface area contributed by atoms with Crippen LogP contribution in [-0.4, -0.2) is 33.2 Å². The molecule has 2 unspecified atom stereocenters. The van der Waals surface area contributed by atoms with E-state index in [9.17, 15) is 0 Å². The number of nitrogens with zero attached hydrogens (tertiary/aromatic N) is 3. The SMILES string of the molecule is Nc1ccc(SCC2COC(Cn3cncn3)(c3ccc(Cl)cc3Cl)O2)cc1. The normalized spacial score (nSPS) is 21.9. The van der Waals surface area contributed by atoms with Gasteiger partial charge in [-0.05, 0) is 36.4 Å². The van der Waals surface area contributed by atoms with E-state index in [1.807, 2.05) is 30.3 Å². The van der Waals surface area contributed by atoms with Gasteiger partial charge in [0, 0.05) is 26.9 Å². The van der Waals surface area contributed by atoms with Crippen molar-refractivity contribution in [2.24, 2.45) is 0 Å². The van der Waals surface area contributed by atoms with Gasteiger partial charge in [0.1, 0.15) is 19.2 Å². The summed E-state index contributed by atoms with van der Waals surface area (Å²) in [5.41, 5.74) is 7.21. The molecular weight excluding hydrogens is 419 g/mol. The first-order valence-corrected chi connectivity index (χ1v) is 10.4. The molecule has 0 aliphatic carbocycles. The van der Waals surface area contributed by atoms with E-state index < -0.39 is 5.79 Å². The van der Waals surface area contributed by atoms with E-state index in [1.165, 1.54) is 6.33 Å². The van der Waals surface area contributed by atoms with Crippen molar-refractivity contribution in [3.05, 3.63) is 70.7 Å². The Morgan fingerprint density at radius 3 is 2.75 bits per heavy atom. The molecule has 0 spiro atoms. The minimum absolute atomic E-state index is 0.113. The number of nitrogen functional groups attached to an aromatic ring is 1. The van der Waals surface area contributed by atoms with Crippen molar-refractivity contribution >= 4 is 40.7 Å². The number of rotatable bonds is 6. The molecule has 4 rings (SSSR count). The molecule has 1 aliphatic rings. The topological polar surface area (TPSA) is 75.2 Å². The molecular formula is C19H18Cl2N4O2S. The van der Waals surface area contributed by atoms with Crippen LogP contribution >= 0.6 is 35.0 Å². The Labute approximate surface area is 176 Å². The van der Waals surface area contributed by atoms with Gasteiger partial charge in [0.15, 0.2) is 0 Å². The molecule has 1 aromatic heterocycles. The Balaban J connectivity index is 1.54. The highest BCUT2D eigenvalue weighted by atomic mass is 35.5. The average molecular weight is 437 g/mol. The summed E-state index contributed by atoms with van der Waals surface area (Å²) >= 11 is 14.2. The van der Waals surface area contributed by atoms with E-state index >= 15 is 0 Å². The van der Waals surface area contributed by atoms with Gasteiger partial charge in [-0.1, -0.05) is 29.3 Å². The molecule has 2 N–H and O–H groups in total. The van der Waals surface area contributed by atoms with E-state index in [1.54, 1.807) is 34.9 Å². The predicted molar refractivity (Wildman–Crippen MR) is 111 cm³/mol. The molecule has 0 amide bonds. The Kier molecular flexibility index (Phi) is 5.80. The lowest BCUT2D eigenvalue weighted by atomic mass is 10.1. The van der Waals surface area contributed by atoms with Gasteiger partial charge in [-0.3, -0.25) is 0 Å². The molecule has 3 aromatic rings. The van der Waals surface area contributed by atoms with Crippen LogP contribution < -0.4 is 5.73 Å². The predicted octanol–water partition coefficient (Wildman–Crippen LogP) is 4.23. The highest BCUT2D eigenvalue weighted by Crippen LogP contribution is 2.41. The summed E-state index contributed by atoms with van der Waals surface area (Å²) in [6, 6.07) is 13.0. The van der Waals surface area contributed by atoms with Crippen LogP contribution in [0, 0.1) is 0 Å². The Bertz CT molecular complexity index is 940. The number of ether oxygens (including phenoxy) is 2. The third-order valence-corrected chi connectivity index (χ3v) is 6.05. The third-order valence-electron chi connectivity index (χ3n) is 4.35. The van der Waals surface area contributed by atoms with Gasteiger partial charge in [-0.15, -0.1) is 11.8 Å². The van der Waals surface area contributed by atoms with Gasteiger partial charge in [0.05, 0.1) is 17.7 Å². The van der Waals surface area contributed by atoms with Gasteiger partial charge < -0.3 is 15.2 Å². The summed E-state index contributed by atoms with van der Waals surface area (Å²) in [6.07, 6.45) is 2.98. The summed E-state index contributed by atoms with van der Waals surface area (Å²) < 4.78 is 14.2. The third kappa shape index (κ3) is 4.29. The van der Waals surface area contributed by atoms with E-state index in [0.29, 0.717) is 28.8 Å². The first kappa shape index (κ1) is 19.5. The number of anilines is 1. The summed E-state index contributed by atoms with van der Waals surface area (Å²) in [7, 11) is 0. The maximum Gasteiger partial charge on any atom is 0.217 e. The van der Waals surface area contributed by atoms with Gasteiger partial charge in [-0.2, -0.15) is 5.10 Å². The van der Waals surface area contributed by atoms with E-state index in [-0.39, 0.29) is 6.10 Å². The van der Waals surface area contributed by atoms with Crippen molar-refractivity contribution in [2.75, 3.05) is 18.1 Å². The fourth-order valence-corrected chi connectivity index (χ4v) is 4.46. The van der Waals surface area contributed by atoms with Crippen LogP contribution in [0.15, 0.2) is 60.0 Å². The zero-order valence-corrected chi connectivity index (χ0v) is 17.1. The van der Waals surface area contributed by atoms with Gasteiger partial charge in [0.2, 0.25) is 5.79 Å². The standard InChI is InChI=1S/C19H18Cl2N4O2S/c20-13-1-6-17(18(21)7-13)19(10-25-12-23-11-24-25)26-8-15(27-19)9-28-16-4-2-14(22)3-5-16/h1-7,11-12,15H,8-10,22H2. The van der Waals surface area contributed by atoms with E-state index in [0.717, 1.165) is 16.3 Å². The molecule has 2 heterocycles. The molecule has 2 aromatic carbocycles. The van der Waals surface area contributed by atoms with E-state index in [2.05, 4.69) is 10.1 Å². The molecule has 1 fully saturated rings. The lowest BCUT2D eigenvalue weighted by Crippen LogP contribution is -2.34. The number of nitrogens with two attached hydrogens (primary N) is 1. The maximum absolute atomic E-state index is 6.47. The number of thioether (sulfide) groups is 1. The van der Waals surface area contributed by atoms with Crippen molar-refractivity contribution < 1.29 is 9.47 Å². The number of halogens is 2. The number of hydrogen-bond acceptors (Lipinski definition) is 6. The monoisotopic (exact) mass is 436 g/mol. The molecule has 1 saturated heterocycles. The molecule has 9 heteroatoms. The summed E-state index contributed by atoms with van der Waals surface area (Å²) in [6.45, 7) is 0.771. The minimum Gasteiger partial charge on any atom is -0.399 e. The number of aromatic nitrogens is 3. The van der Waals surface area contributed by atoms with Crippen LogP contribution in [-0.2, 0) is 21.8 Å². The zero-order valence-electron chi connectivity index (χ0n) is 14.8. The van der Waals surface area contributed by atoms with Gasteiger partial charge in [0.25, 0.3) is 0 Å². The van der Waals surface area contributed by atoms with Crippen LogP contribution in [0.3, 0.4) is 0 Å². The highest BCUT2D eigenvalue weighted by molar-refractivity contribution is 7.99. The first-order chi connectivity index (χ1) is 13.5. The molecule has 0 radical (unpaired) electrons. The van der Waals surface area contributed by atoms with Crippen LogP contribution in [0.5, 0.6) is 0 Å². The second kappa shape index (κ2) is 8.31. The Morgan fingerprint density at radius 2 is 2.04 bits per heavy atom. The quantitative estimate of drug-likeness (QED) is 0.460. The highest BCUT2D eigenvalue weighted by Gasteiger charge is 2.45. The molecule has 2 atom stereocenters. The van der Waals surface area contributed by atoms with Crippen molar-refractivity contribution in [3.63, 3.8) is 0 Å². The Morgan fingerprint density at radius 1 is 1.21 bits per heavy atom. The van der Waals surface area contributed by atoms with Crippen molar-refractivity contribution in [1.82, 2.24) is 14.8 Å². The second-order valence-corrected chi connectivity index (χ2v) is 8.34. The zero-order chi connectivity index (χ0) is 19.6. The number of hydrogen-bond donors (Lipinski definition) is 1. The summed E-state index contributed by atoms with van der Waals surface area (Å²) in [5, 5.41) is 5.22. The van der Waals surface area contributed by atoms with Crippen LogP contribution in [0.2, 0.25) is 10.0 Å². The average Bonchev–Trinajstić information content (AvgIpc) is 3.32. The molecule has 0 bridgehead atoms. The van der Waals surface area contributed by atoms with Crippen molar-refractivity contribution in [2.45, 2.75) is 23.3 Å².